The van der Waals surface area contributed by atoms with Crippen molar-refractivity contribution in [3.05, 3.63) is 41.0 Å². The van der Waals surface area contributed by atoms with Gasteiger partial charge in [-0.05, 0) is 31.5 Å². The SMILES string of the molecule is CCC(C)NC(=O)c1cc2c(-c3ccccc3F)nn(C)c2s1. The van der Waals surface area contributed by atoms with Gasteiger partial charge in [-0.15, -0.1) is 11.3 Å². The van der Waals surface area contributed by atoms with Gasteiger partial charge in [-0.3, -0.25) is 9.48 Å². The third-order valence-electron chi connectivity index (χ3n) is 3.85. The third-order valence-corrected chi connectivity index (χ3v) is 5.05. The van der Waals surface area contributed by atoms with Crippen LogP contribution in [-0.2, 0) is 7.05 Å². The zero-order valence-electron chi connectivity index (χ0n) is 13.3. The second-order valence-corrected chi connectivity index (χ2v) is 6.59. The number of aryl methyl sites for hydroxylation is 1. The summed E-state index contributed by atoms with van der Waals surface area (Å²) in [5.74, 6) is -0.413. The van der Waals surface area contributed by atoms with E-state index in [9.17, 15) is 9.18 Å². The fraction of sp³-hybridized carbons (Fsp3) is 0.294. The third kappa shape index (κ3) is 2.86. The number of hydrogen-bond acceptors (Lipinski definition) is 3. The number of nitrogens with zero attached hydrogens (tertiary/aromatic N) is 2. The smallest absolute Gasteiger partial charge is 0.261 e. The summed E-state index contributed by atoms with van der Waals surface area (Å²) in [6.07, 6.45) is 0.874. The fourth-order valence-electron chi connectivity index (χ4n) is 2.40. The minimum Gasteiger partial charge on any atom is -0.349 e. The van der Waals surface area contributed by atoms with E-state index in [-0.39, 0.29) is 17.8 Å². The molecule has 0 fully saturated rings. The molecule has 23 heavy (non-hydrogen) atoms. The highest BCUT2D eigenvalue weighted by Crippen LogP contribution is 2.34. The van der Waals surface area contributed by atoms with E-state index in [1.165, 1.54) is 17.4 Å². The largest absolute Gasteiger partial charge is 0.349 e. The number of carbonyl (C=O) groups is 1. The Hall–Kier alpha value is -2.21. The molecule has 1 amide bonds. The van der Waals surface area contributed by atoms with Crippen molar-refractivity contribution >= 4 is 27.5 Å². The first kappa shape index (κ1) is 15.7. The predicted octanol–water partition coefficient (Wildman–Crippen LogP) is 3.97. The predicted molar refractivity (Wildman–Crippen MR) is 91.2 cm³/mol. The molecule has 0 spiro atoms. The number of thiophene rings is 1. The highest BCUT2D eigenvalue weighted by atomic mass is 32.1. The Morgan fingerprint density at radius 2 is 2.17 bits per heavy atom. The van der Waals surface area contributed by atoms with E-state index in [0.29, 0.717) is 16.1 Å². The molecule has 120 valence electrons. The van der Waals surface area contributed by atoms with Crippen LogP contribution in [0.1, 0.15) is 29.9 Å². The molecule has 1 aromatic carbocycles. The second-order valence-electron chi connectivity index (χ2n) is 5.56. The summed E-state index contributed by atoms with van der Waals surface area (Å²) in [5, 5.41) is 8.17. The first-order valence-corrected chi connectivity index (χ1v) is 8.35. The molecule has 3 aromatic rings. The maximum absolute atomic E-state index is 14.1. The van der Waals surface area contributed by atoms with Crippen LogP contribution in [-0.4, -0.2) is 21.7 Å². The van der Waals surface area contributed by atoms with Crippen molar-refractivity contribution in [1.82, 2.24) is 15.1 Å². The van der Waals surface area contributed by atoms with Crippen LogP contribution in [0.2, 0.25) is 0 Å². The molecule has 0 saturated carbocycles. The monoisotopic (exact) mass is 331 g/mol. The van der Waals surface area contributed by atoms with E-state index >= 15 is 0 Å². The van der Waals surface area contributed by atoms with Crippen molar-refractivity contribution in [3.63, 3.8) is 0 Å². The van der Waals surface area contributed by atoms with Gasteiger partial charge < -0.3 is 5.32 Å². The molecular weight excluding hydrogens is 313 g/mol. The molecule has 1 N–H and O–H groups in total. The highest BCUT2D eigenvalue weighted by Gasteiger charge is 2.20. The number of nitrogens with one attached hydrogen (secondary N) is 1. The van der Waals surface area contributed by atoms with E-state index < -0.39 is 0 Å². The average Bonchev–Trinajstić information content (AvgIpc) is 3.09. The Kier molecular flexibility index (Phi) is 4.17. The summed E-state index contributed by atoms with van der Waals surface area (Å²) in [6.45, 7) is 3.99. The fourth-order valence-corrected chi connectivity index (χ4v) is 3.38. The summed E-state index contributed by atoms with van der Waals surface area (Å²) >= 11 is 1.37. The van der Waals surface area contributed by atoms with E-state index in [1.54, 1.807) is 36.0 Å². The van der Waals surface area contributed by atoms with Gasteiger partial charge in [0, 0.05) is 24.0 Å². The number of aromatic nitrogens is 2. The molecule has 0 aliphatic heterocycles. The van der Waals surface area contributed by atoms with Gasteiger partial charge in [0.2, 0.25) is 0 Å². The standard InChI is InChI=1S/C17H18FN3OS/c1-4-10(2)19-16(22)14-9-12-15(20-21(3)17(12)23-14)11-7-5-6-8-13(11)18/h5-10H,4H2,1-3H3,(H,19,22). The average molecular weight is 331 g/mol. The Labute approximate surface area is 137 Å². The molecule has 0 radical (unpaired) electrons. The van der Waals surface area contributed by atoms with Crippen molar-refractivity contribution in [2.75, 3.05) is 0 Å². The van der Waals surface area contributed by atoms with Gasteiger partial charge in [-0.1, -0.05) is 19.1 Å². The lowest BCUT2D eigenvalue weighted by atomic mass is 10.1. The van der Waals surface area contributed by atoms with E-state index in [0.717, 1.165) is 16.6 Å². The lowest BCUT2D eigenvalue weighted by Crippen LogP contribution is -2.31. The van der Waals surface area contributed by atoms with Crippen molar-refractivity contribution in [1.29, 1.82) is 0 Å². The van der Waals surface area contributed by atoms with Crippen LogP contribution in [0.4, 0.5) is 4.39 Å². The molecule has 3 rings (SSSR count). The summed E-state index contributed by atoms with van der Waals surface area (Å²) in [4.78, 5) is 13.8. The summed E-state index contributed by atoms with van der Waals surface area (Å²) < 4.78 is 15.8. The molecule has 6 heteroatoms. The van der Waals surface area contributed by atoms with E-state index in [1.807, 2.05) is 13.8 Å². The molecular formula is C17H18FN3OS. The van der Waals surface area contributed by atoms with Crippen molar-refractivity contribution in [2.45, 2.75) is 26.3 Å². The Morgan fingerprint density at radius 3 is 2.87 bits per heavy atom. The molecule has 0 saturated heterocycles. The minimum atomic E-state index is -0.315. The lowest BCUT2D eigenvalue weighted by molar-refractivity contribution is 0.0943. The molecule has 0 bridgehead atoms. The van der Waals surface area contributed by atoms with Gasteiger partial charge in [-0.25, -0.2) is 4.39 Å². The maximum atomic E-state index is 14.1. The normalized spacial score (nSPS) is 12.5. The van der Waals surface area contributed by atoms with Crippen LogP contribution in [0.25, 0.3) is 21.5 Å². The number of fused-ring (bicyclic) bond motifs is 1. The first-order chi connectivity index (χ1) is 11.0. The highest BCUT2D eigenvalue weighted by molar-refractivity contribution is 7.20. The number of hydrogen-bond donors (Lipinski definition) is 1. The molecule has 1 unspecified atom stereocenters. The summed E-state index contributed by atoms with van der Waals surface area (Å²) in [5.41, 5.74) is 1.02. The zero-order chi connectivity index (χ0) is 16.6. The number of halogens is 1. The minimum absolute atomic E-state index is 0.0972. The number of rotatable bonds is 4. The Morgan fingerprint density at radius 1 is 1.43 bits per heavy atom. The first-order valence-electron chi connectivity index (χ1n) is 7.53. The Bertz CT molecular complexity index is 868. The van der Waals surface area contributed by atoms with Gasteiger partial charge in [-0.2, -0.15) is 5.10 Å². The Balaban J connectivity index is 2.06. The molecule has 4 nitrogen and oxygen atoms in total. The van der Waals surface area contributed by atoms with Crippen LogP contribution in [0, 0.1) is 5.82 Å². The van der Waals surface area contributed by atoms with Crippen molar-refractivity contribution in [2.24, 2.45) is 7.05 Å². The molecule has 2 heterocycles. The van der Waals surface area contributed by atoms with Crippen LogP contribution < -0.4 is 5.32 Å². The van der Waals surface area contributed by atoms with Crippen LogP contribution in [0.3, 0.4) is 0 Å². The number of benzene rings is 1. The molecule has 2 aromatic heterocycles. The quantitative estimate of drug-likeness (QED) is 0.786. The molecule has 0 aliphatic rings. The lowest BCUT2D eigenvalue weighted by Gasteiger charge is -2.09. The van der Waals surface area contributed by atoms with E-state index in [4.69, 9.17) is 0 Å². The topological polar surface area (TPSA) is 46.9 Å². The second kappa shape index (κ2) is 6.12. The van der Waals surface area contributed by atoms with Gasteiger partial charge in [0.15, 0.2) is 0 Å². The van der Waals surface area contributed by atoms with Crippen LogP contribution in [0.5, 0.6) is 0 Å². The van der Waals surface area contributed by atoms with Gasteiger partial charge >= 0.3 is 0 Å². The van der Waals surface area contributed by atoms with Crippen molar-refractivity contribution in [3.8, 4) is 11.3 Å². The van der Waals surface area contributed by atoms with E-state index in [2.05, 4.69) is 10.4 Å². The van der Waals surface area contributed by atoms with Gasteiger partial charge in [0.1, 0.15) is 16.3 Å². The van der Waals surface area contributed by atoms with Crippen LogP contribution in [0.15, 0.2) is 30.3 Å². The van der Waals surface area contributed by atoms with Crippen LogP contribution >= 0.6 is 11.3 Å². The summed E-state index contributed by atoms with van der Waals surface area (Å²) in [6, 6.07) is 8.47. The van der Waals surface area contributed by atoms with Gasteiger partial charge in [0.25, 0.3) is 5.91 Å². The maximum Gasteiger partial charge on any atom is 0.261 e. The molecule has 1 atom stereocenters. The van der Waals surface area contributed by atoms with Gasteiger partial charge in [0.05, 0.1) is 4.88 Å². The molecule has 0 aliphatic carbocycles. The number of carbonyl (C=O) groups excluding carboxylic acids is 1. The zero-order valence-corrected chi connectivity index (χ0v) is 14.1. The van der Waals surface area contributed by atoms with Crippen molar-refractivity contribution < 1.29 is 9.18 Å². The number of amides is 1. The summed E-state index contributed by atoms with van der Waals surface area (Å²) in [7, 11) is 1.81.